The van der Waals surface area contributed by atoms with E-state index >= 15 is 0 Å². The number of nitrogens with one attached hydrogen (secondary N) is 1. The largest absolute Gasteiger partial charge is 0.416 e. The molecule has 0 atom stereocenters. The summed E-state index contributed by atoms with van der Waals surface area (Å²) in [6.45, 7) is 0. The van der Waals surface area contributed by atoms with Gasteiger partial charge in [0.1, 0.15) is 5.01 Å². The number of thiazole rings is 1. The molecule has 1 N–H and O–H groups in total. The SMILES string of the molecule is O=C(C=CNc1cccc(C(F)(F)F)c1)c1cnc(-c2ccccc2)s1. The average Bonchev–Trinajstić information content (AvgIpc) is 3.12. The number of carbonyl (C=O) groups is 1. The Morgan fingerprint density at radius 1 is 1.08 bits per heavy atom. The number of benzene rings is 2. The molecule has 0 fully saturated rings. The molecule has 3 rings (SSSR count). The van der Waals surface area contributed by atoms with E-state index in [9.17, 15) is 18.0 Å². The van der Waals surface area contributed by atoms with Crippen LogP contribution in [0, 0.1) is 0 Å². The molecule has 0 bridgehead atoms. The highest BCUT2D eigenvalue weighted by atomic mass is 32.1. The van der Waals surface area contributed by atoms with Crippen molar-refractivity contribution in [1.29, 1.82) is 0 Å². The van der Waals surface area contributed by atoms with Crippen molar-refractivity contribution in [1.82, 2.24) is 4.98 Å². The van der Waals surface area contributed by atoms with Crippen LogP contribution in [-0.4, -0.2) is 10.8 Å². The van der Waals surface area contributed by atoms with Gasteiger partial charge in [0.2, 0.25) is 0 Å². The Kier molecular flexibility index (Phi) is 5.18. The van der Waals surface area contributed by atoms with Crippen LogP contribution in [0.15, 0.2) is 73.1 Å². The van der Waals surface area contributed by atoms with Crippen molar-refractivity contribution in [3.05, 3.63) is 83.5 Å². The van der Waals surface area contributed by atoms with Crippen LogP contribution in [0.2, 0.25) is 0 Å². The average molecular weight is 374 g/mol. The molecule has 3 nitrogen and oxygen atoms in total. The van der Waals surface area contributed by atoms with E-state index in [-0.39, 0.29) is 11.5 Å². The lowest BCUT2D eigenvalue weighted by Gasteiger charge is -2.08. The molecular formula is C19H13F3N2OS. The summed E-state index contributed by atoms with van der Waals surface area (Å²) >= 11 is 1.26. The molecule has 7 heteroatoms. The number of alkyl halides is 3. The van der Waals surface area contributed by atoms with Crippen molar-refractivity contribution >= 4 is 22.8 Å². The lowest BCUT2D eigenvalue weighted by Crippen LogP contribution is -2.05. The summed E-state index contributed by atoms with van der Waals surface area (Å²) in [7, 11) is 0. The van der Waals surface area contributed by atoms with Crippen LogP contribution in [-0.2, 0) is 6.18 Å². The van der Waals surface area contributed by atoms with Crippen LogP contribution in [0.4, 0.5) is 18.9 Å². The van der Waals surface area contributed by atoms with E-state index in [2.05, 4.69) is 10.3 Å². The number of allylic oxidation sites excluding steroid dienone is 1. The van der Waals surface area contributed by atoms with Gasteiger partial charge in [-0.15, -0.1) is 11.3 Å². The van der Waals surface area contributed by atoms with E-state index in [0.29, 0.717) is 4.88 Å². The number of ketones is 1. The van der Waals surface area contributed by atoms with E-state index < -0.39 is 11.7 Å². The van der Waals surface area contributed by atoms with Gasteiger partial charge < -0.3 is 5.32 Å². The molecular weight excluding hydrogens is 361 g/mol. The van der Waals surface area contributed by atoms with Gasteiger partial charge in [0.05, 0.1) is 10.4 Å². The van der Waals surface area contributed by atoms with Gasteiger partial charge in [0, 0.05) is 29.7 Å². The third kappa shape index (κ3) is 4.37. The Balaban J connectivity index is 1.66. The molecule has 1 heterocycles. The molecule has 0 spiro atoms. The molecule has 132 valence electrons. The summed E-state index contributed by atoms with van der Waals surface area (Å²) in [6, 6.07) is 14.2. The van der Waals surface area contributed by atoms with Crippen molar-refractivity contribution in [3.63, 3.8) is 0 Å². The Morgan fingerprint density at radius 2 is 1.85 bits per heavy atom. The van der Waals surface area contributed by atoms with Crippen LogP contribution >= 0.6 is 11.3 Å². The maximum atomic E-state index is 12.7. The first-order valence-corrected chi connectivity index (χ1v) is 8.41. The van der Waals surface area contributed by atoms with Gasteiger partial charge in [-0.2, -0.15) is 13.2 Å². The normalized spacial score (nSPS) is 11.7. The summed E-state index contributed by atoms with van der Waals surface area (Å²) in [6.07, 6.45) is -0.333. The molecule has 0 aliphatic heterocycles. The van der Waals surface area contributed by atoms with Crippen LogP contribution in [0.1, 0.15) is 15.2 Å². The summed E-state index contributed by atoms with van der Waals surface area (Å²) in [5.41, 5.74) is 0.415. The predicted molar refractivity (Wildman–Crippen MR) is 96.1 cm³/mol. The minimum absolute atomic E-state index is 0.248. The topological polar surface area (TPSA) is 42.0 Å². The minimum Gasteiger partial charge on any atom is -0.362 e. The van der Waals surface area contributed by atoms with Crippen molar-refractivity contribution < 1.29 is 18.0 Å². The fourth-order valence-electron chi connectivity index (χ4n) is 2.18. The minimum atomic E-state index is -4.41. The maximum Gasteiger partial charge on any atom is 0.416 e. The second-order valence-electron chi connectivity index (χ2n) is 5.32. The van der Waals surface area contributed by atoms with Gasteiger partial charge in [-0.05, 0) is 18.2 Å². The Hall–Kier alpha value is -2.93. The number of hydrogen-bond acceptors (Lipinski definition) is 4. The van der Waals surface area contributed by atoms with E-state index in [1.807, 2.05) is 30.3 Å². The molecule has 3 aromatic rings. The molecule has 0 amide bonds. The summed E-state index contributed by atoms with van der Waals surface area (Å²) in [5, 5.41) is 3.41. The molecule has 0 unspecified atom stereocenters. The summed E-state index contributed by atoms with van der Waals surface area (Å²) in [5.74, 6) is -0.274. The number of halogens is 3. The smallest absolute Gasteiger partial charge is 0.362 e. The third-order valence-electron chi connectivity index (χ3n) is 3.44. The fraction of sp³-hybridized carbons (Fsp3) is 0.0526. The zero-order valence-corrected chi connectivity index (χ0v) is 14.1. The van der Waals surface area contributed by atoms with E-state index in [4.69, 9.17) is 0 Å². The molecule has 0 saturated heterocycles. The van der Waals surface area contributed by atoms with Gasteiger partial charge in [0.25, 0.3) is 0 Å². The maximum absolute atomic E-state index is 12.7. The van der Waals surface area contributed by atoms with Crippen LogP contribution in [0.5, 0.6) is 0 Å². The predicted octanol–water partition coefficient (Wildman–Crippen LogP) is 5.64. The molecule has 0 saturated carbocycles. The van der Waals surface area contributed by atoms with Gasteiger partial charge in [-0.25, -0.2) is 4.98 Å². The van der Waals surface area contributed by atoms with Crippen molar-refractivity contribution in [3.8, 4) is 10.6 Å². The Bertz CT molecular complexity index is 933. The second kappa shape index (κ2) is 7.53. The molecule has 2 aromatic carbocycles. The first-order chi connectivity index (χ1) is 12.4. The van der Waals surface area contributed by atoms with E-state index in [1.54, 1.807) is 0 Å². The number of aromatic nitrogens is 1. The number of rotatable bonds is 5. The quantitative estimate of drug-likeness (QED) is 0.464. The Morgan fingerprint density at radius 3 is 2.58 bits per heavy atom. The first-order valence-electron chi connectivity index (χ1n) is 7.59. The number of hydrogen-bond donors (Lipinski definition) is 1. The molecule has 0 aliphatic carbocycles. The summed E-state index contributed by atoms with van der Waals surface area (Å²) < 4.78 is 38.0. The number of anilines is 1. The van der Waals surface area contributed by atoms with Crippen molar-refractivity contribution in [2.75, 3.05) is 5.32 Å². The number of carbonyl (C=O) groups excluding carboxylic acids is 1. The Labute approximate surface area is 151 Å². The zero-order valence-electron chi connectivity index (χ0n) is 13.3. The fourth-order valence-corrected chi connectivity index (χ4v) is 3.02. The van der Waals surface area contributed by atoms with E-state index in [0.717, 1.165) is 22.7 Å². The second-order valence-corrected chi connectivity index (χ2v) is 6.35. The van der Waals surface area contributed by atoms with Crippen molar-refractivity contribution in [2.45, 2.75) is 6.18 Å². The van der Waals surface area contributed by atoms with E-state index in [1.165, 1.54) is 41.9 Å². The zero-order chi connectivity index (χ0) is 18.6. The molecule has 1 aromatic heterocycles. The third-order valence-corrected chi connectivity index (χ3v) is 4.50. The first kappa shape index (κ1) is 17.9. The van der Waals surface area contributed by atoms with Crippen LogP contribution < -0.4 is 5.32 Å². The summed E-state index contributed by atoms with van der Waals surface area (Å²) in [4.78, 5) is 16.9. The van der Waals surface area contributed by atoms with Crippen LogP contribution in [0.25, 0.3) is 10.6 Å². The van der Waals surface area contributed by atoms with Gasteiger partial charge in [-0.3, -0.25) is 4.79 Å². The monoisotopic (exact) mass is 374 g/mol. The van der Waals surface area contributed by atoms with Gasteiger partial charge in [-0.1, -0.05) is 36.4 Å². The van der Waals surface area contributed by atoms with Gasteiger partial charge >= 0.3 is 6.18 Å². The van der Waals surface area contributed by atoms with Crippen molar-refractivity contribution in [2.24, 2.45) is 0 Å². The standard InChI is InChI=1S/C19H13F3N2OS/c20-19(21,22)14-7-4-8-15(11-14)23-10-9-16(25)17-12-24-18(26-17)13-5-2-1-3-6-13/h1-12,23H. The molecule has 0 aliphatic rings. The van der Waals surface area contributed by atoms with Crippen LogP contribution in [0.3, 0.4) is 0 Å². The molecule has 26 heavy (non-hydrogen) atoms. The number of nitrogens with zero attached hydrogens (tertiary/aromatic N) is 1. The highest BCUT2D eigenvalue weighted by Gasteiger charge is 2.30. The highest BCUT2D eigenvalue weighted by molar-refractivity contribution is 7.17. The highest BCUT2D eigenvalue weighted by Crippen LogP contribution is 2.30. The lowest BCUT2D eigenvalue weighted by atomic mass is 10.2. The van der Waals surface area contributed by atoms with Gasteiger partial charge in [0.15, 0.2) is 5.78 Å². The molecule has 0 radical (unpaired) electrons. The lowest BCUT2D eigenvalue weighted by molar-refractivity contribution is -0.137.